The largest absolute Gasteiger partial charge is 0.356 e. The molecule has 5 rings (SSSR count). The Morgan fingerprint density at radius 1 is 1.03 bits per heavy atom. The Bertz CT molecular complexity index is 1140. The standard InChI is InChI=1S/C31H39ClN2OS/c1-21(17-25-19-26(25)20-33-30(35)18-22-13-15-27(32)16-14-22)23-7-2-3-8-24(10-6-9-23)31-28-11-4-5-12-29(28)36-34-31/h4-5,11-16,21,23-26H,2-3,6-10,17-20H2,1H3,(H,33,35). The fraction of sp³-hybridized carbons (Fsp3) is 0.548. The molecule has 0 saturated heterocycles. The second-order valence-corrected chi connectivity index (χ2v) is 12.6. The summed E-state index contributed by atoms with van der Waals surface area (Å²) in [6.45, 7) is 3.32. The van der Waals surface area contributed by atoms with Gasteiger partial charge in [0.25, 0.3) is 0 Å². The molecule has 0 aliphatic heterocycles. The molecule has 36 heavy (non-hydrogen) atoms. The van der Waals surface area contributed by atoms with Gasteiger partial charge in [-0.3, -0.25) is 4.79 Å². The van der Waals surface area contributed by atoms with Crippen LogP contribution in [0, 0.1) is 23.7 Å². The van der Waals surface area contributed by atoms with Gasteiger partial charge in [-0.25, -0.2) is 0 Å². The van der Waals surface area contributed by atoms with Crippen molar-refractivity contribution in [3.8, 4) is 0 Å². The van der Waals surface area contributed by atoms with Crippen LogP contribution in [0.1, 0.15) is 81.9 Å². The lowest BCUT2D eigenvalue weighted by Gasteiger charge is -2.24. The molecule has 1 amide bonds. The highest BCUT2D eigenvalue weighted by molar-refractivity contribution is 7.13. The summed E-state index contributed by atoms with van der Waals surface area (Å²) in [7, 11) is 0. The van der Waals surface area contributed by atoms with Crippen LogP contribution in [0.5, 0.6) is 0 Å². The molecule has 0 radical (unpaired) electrons. The lowest BCUT2D eigenvalue weighted by molar-refractivity contribution is -0.120. The average molecular weight is 523 g/mol. The van der Waals surface area contributed by atoms with Crippen molar-refractivity contribution in [1.29, 1.82) is 0 Å². The van der Waals surface area contributed by atoms with Crippen LogP contribution in [0.25, 0.3) is 10.1 Å². The third kappa shape index (κ3) is 6.69. The van der Waals surface area contributed by atoms with E-state index in [2.05, 4.69) is 36.5 Å². The van der Waals surface area contributed by atoms with Crippen molar-refractivity contribution >= 4 is 39.1 Å². The zero-order valence-corrected chi connectivity index (χ0v) is 23.0. The first kappa shape index (κ1) is 25.7. The predicted molar refractivity (Wildman–Crippen MR) is 152 cm³/mol. The summed E-state index contributed by atoms with van der Waals surface area (Å²) in [4.78, 5) is 12.3. The molecule has 2 fully saturated rings. The van der Waals surface area contributed by atoms with E-state index in [1.807, 2.05) is 24.3 Å². The summed E-state index contributed by atoms with van der Waals surface area (Å²) >= 11 is 7.61. The molecule has 1 heterocycles. The fourth-order valence-corrected chi connectivity index (χ4v) is 7.35. The van der Waals surface area contributed by atoms with Gasteiger partial charge in [0, 0.05) is 22.9 Å². The van der Waals surface area contributed by atoms with Crippen LogP contribution >= 0.6 is 23.1 Å². The molecule has 3 aromatic rings. The first-order valence-corrected chi connectivity index (χ1v) is 15.1. The number of rotatable bonds is 8. The highest BCUT2D eigenvalue weighted by atomic mass is 35.5. The molecule has 5 heteroatoms. The maximum Gasteiger partial charge on any atom is 0.224 e. The molecule has 5 unspecified atom stereocenters. The van der Waals surface area contributed by atoms with Crippen LogP contribution < -0.4 is 5.32 Å². The highest BCUT2D eigenvalue weighted by Crippen LogP contribution is 2.45. The number of aromatic nitrogens is 1. The van der Waals surface area contributed by atoms with Gasteiger partial charge in [0.05, 0.1) is 16.8 Å². The van der Waals surface area contributed by atoms with Gasteiger partial charge in [0.2, 0.25) is 5.91 Å². The van der Waals surface area contributed by atoms with E-state index in [4.69, 9.17) is 16.0 Å². The Labute approximate surface area is 225 Å². The number of halogens is 1. The second kappa shape index (κ2) is 12.1. The van der Waals surface area contributed by atoms with Crippen molar-refractivity contribution in [3.63, 3.8) is 0 Å². The number of nitrogens with zero attached hydrogens (tertiary/aromatic N) is 1. The second-order valence-electron chi connectivity index (χ2n) is 11.3. The smallest absolute Gasteiger partial charge is 0.224 e. The quantitative estimate of drug-likeness (QED) is 0.322. The molecule has 2 saturated carbocycles. The van der Waals surface area contributed by atoms with E-state index in [0.29, 0.717) is 23.3 Å². The SMILES string of the molecule is CC(CC1CC1CNC(=O)Cc1ccc(Cl)cc1)C1CCCCC(c2nsc3ccccc23)CCC1. The number of carbonyl (C=O) groups is 1. The minimum absolute atomic E-state index is 0.120. The van der Waals surface area contributed by atoms with E-state index in [0.717, 1.165) is 29.9 Å². The third-order valence-corrected chi connectivity index (χ3v) is 9.78. The molecule has 0 bridgehead atoms. The van der Waals surface area contributed by atoms with Crippen molar-refractivity contribution < 1.29 is 4.79 Å². The van der Waals surface area contributed by atoms with E-state index in [1.54, 1.807) is 11.5 Å². The Kier molecular flexibility index (Phi) is 8.64. The van der Waals surface area contributed by atoms with Gasteiger partial charge in [-0.2, -0.15) is 4.37 Å². The first-order valence-electron chi connectivity index (χ1n) is 13.9. The Morgan fingerprint density at radius 3 is 2.64 bits per heavy atom. The molecule has 5 atom stereocenters. The van der Waals surface area contributed by atoms with Crippen molar-refractivity contribution in [2.75, 3.05) is 6.54 Å². The fourth-order valence-electron chi connectivity index (χ4n) is 6.37. The highest BCUT2D eigenvalue weighted by Gasteiger charge is 2.38. The zero-order valence-electron chi connectivity index (χ0n) is 21.4. The number of nitrogens with one attached hydrogen (secondary N) is 1. The molecule has 2 aliphatic carbocycles. The number of hydrogen-bond donors (Lipinski definition) is 1. The van der Waals surface area contributed by atoms with Crippen molar-refractivity contribution in [1.82, 2.24) is 9.69 Å². The zero-order chi connectivity index (χ0) is 24.9. The first-order chi connectivity index (χ1) is 17.6. The Morgan fingerprint density at radius 2 is 1.78 bits per heavy atom. The summed E-state index contributed by atoms with van der Waals surface area (Å²) in [5, 5.41) is 5.27. The number of amides is 1. The van der Waals surface area contributed by atoms with Gasteiger partial charge < -0.3 is 5.32 Å². The van der Waals surface area contributed by atoms with Gasteiger partial charge in [-0.1, -0.05) is 81.0 Å². The normalized spacial score (nSPS) is 25.5. The predicted octanol–water partition coefficient (Wildman–Crippen LogP) is 8.42. The third-order valence-electron chi connectivity index (χ3n) is 8.68. The summed E-state index contributed by atoms with van der Waals surface area (Å²) in [5.74, 6) is 3.82. The monoisotopic (exact) mass is 522 g/mol. The molecule has 2 aliphatic rings. The summed E-state index contributed by atoms with van der Waals surface area (Å²) in [5.41, 5.74) is 2.38. The summed E-state index contributed by atoms with van der Waals surface area (Å²) < 4.78 is 6.23. The molecule has 1 N–H and O–H groups in total. The Hall–Kier alpha value is -1.91. The van der Waals surface area contributed by atoms with Crippen LogP contribution in [0.4, 0.5) is 0 Å². The number of carbonyl (C=O) groups excluding carboxylic acids is 1. The minimum Gasteiger partial charge on any atom is -0.356 e. The number of benzene rings is 2. The van der Waals surface area contributed by atoms with Gasteiger partial charge in [-0.05, 0) is 84.6 Å². The van der Waals surface area contributed by atoms with E-state index in [1.165, 1.54) is 73.6 Å². The van der Waals surface area contributed by atoms with Crippen molar-refractivity contribution in [3.05, 3.63) is 64.8 Å². The molecule has 3 nitrogen and oxygen atoms in total. The number of fused-ring (bicyclic) bond motifs is 1. The Balaban J connectivity index is 1.05. The van der Waals surface area contributed by atoms with E-state index >= 15 is 0 Å². The lowest BCUT2D eigenvalue weighted by Crippen LogP contribution is -2.27. The molecular formula is C31H39ClN2OS. The molecule has 1 aromatic heterocycles. The summed E-state index contributed by atoms with van der Waals surface area (Å²) in [6.07, 6.45) is 12.3. The van der Waals surface area contributed by atoms with Crippen molar-refractivity contribution in [2.24, 2.45) is 23.7 Å². The van der Waals surface area contributed by atoms with Crippen LogP contribution in [0.3, 0.4) is 0 Å². The van der Waals surface area contributed by atoms with Gasteiger partial charge >= 0.3 is 0 Å². The number of hydrogen-bond acceptors (Lipinski definition) is 3. The summed E-state index contributed by atoms with van der Waals surface area (Å²) in [6, 6.07) is 16.3. The lowest BCUT2D eigenvalue weighted by atomic mass is 9.82. The average Bonchev–Trinajstić information content (AvgIpc) is 3.44. The minimum atomic E-state index is 0.120. The topological polar surface area (TPSA) is 42.0 Å². The molecule has 0 spiro atoms. The van der Waals surface area contributed by atoms with E-state index in [9.17, 15) is 4.79 Å². The molecule has 2 aromatic carbocycles. The van der Waals surface area contributed by atoms with Crippen LogP contribution in [-0.4, -0.2) is 16.8 Å². The van der Waals surface area contributed by atoms with Crippen LogP contribution in [-0.2, 0) is 11.2 Å². The van der Waals surface area contributed by atoms with E-state index in [-0.39, 0.29) is 5.91 Å². The molecular weight excluding hydrogens is 484 g/mol. The molecule has 192 valence electrons. The maximum absolute atomic E-state index is 12.3. The van der Waals surface area contributed by atoms with Crippen LogP contribution in [0.15, 0.2) is 48.5 Å². The van der Waals surface area contributed by atoms with Gasteiger partial charge in [-0.15, -0.1) is 0 Å². The van der Waals surface area contributed by atoms with E-state index < -0.39 is 0 Å². The van der Waals surface area contributed by atoms with Crippen LogP contribution in [0.2, 0.25) is 5.02 Å². The maximum atomic E-state index is 12.3. The van der Waals surface area contributed by atoms with Crippen molar-refractivity contribution in [2.45, 2.75) is 77.0 Å². The van der Waals surface area contributed by atoms with Gasteiger partial charge in [0.15, 0.2) is 0 Å². The van der Waals surface area contributed by atoms with Gasteiger partial charge in [0.1, 0.15) is 0 Å².